The second-order valence-corrected chi connectivity index (χ2v) is 5.22. The molecule has 1 aliphatic rings. The predicted molar refractivity (Wildman–Crippen MR) is 75.2 cm³/mol. The zero-order valence-corrected chi connectivity index (χ0v) is 11.6. The van der Waals surface area contributed by atoms with Crippen LogP contribution in [-0.2, 0) is 6.54 Å². The first-order valence-electron chi connectivity index (χ1n) is 6.97. The summed E-state index contributed by atoms with van der Waals surface area (Å²) < 4.78 is 5.15. The smallest absolute Gasteiger partial charge is 0.150 e. The van der Waals surface area contributed by atoms with Gasteiger partial charge in [-0.15, -0.1) is 0 Å². The van der Waals surface area contributed by atoms with Crippen LogP contribution in [-0.4, -0.2) is 39.2 Å². The Bertz CT molecular complexity index is 534. The van der Waals surface area contributed by atoms with Crippen LogP contribution < -0.4 is 5.32 Å². The first kappa shape index (κ1) is 13.1. The van der Waals surface area contributed by atoms with Crippen molar-refractivity contribution in [1.29, 1.82) is 0 Å². The molecule has 106 valence electrons. The van der Waals surface area contributed by atoms with Crippen LogP contribution in [0.15, 0.2) is 29.2 Å². The maximum atomic E-state index is 5.15. The molecule has 0 aromatic carbocycles. The number of hydrogen-bond donors (Lipinski definition) is 1. The molecule has 6 nitrogen and oxygen atoms in total. The summed E-state index contributed by atoms with van der Waals surface area (Å²) in [6, 6.07) is 4.39. The maximum absolute atomic E-state index is 5.15. The predicted octanol–water partition coefficient (Wildman–Crippen LogP) is 1.85. The number of likely N-dealkylation sites (tertiary alicyclic amines) is 1. The molecule has 0 amide bonds. The average Bonchev–Trinajstić information content (AvgIpc) is 2.94. The molecule has 0 aliphatic carbocycles. The van der Waals surface area contributed by atoms with Gasteiger partial charge in [-0.2, -0.15) is 0 Å². The van der Waals surface area contributed by atoms with E-state index in [1.54, 1.807) is 12.5 Å². The quantitative estimate of drug-likeness (QED) is 0.917. The van der Waals surface area contributed by atoms with Crippen LogP contribution in [0.3, 0.4) is 0 Å². The molecular formula is C14H19N5O. The van der Waals surface area contributed by atoms with Gasteiger partial charge in [-0.1, -0.05) is 5.16 Å². The van der Waals surface area contributed by atoms with E-state index in [4.69, 9.17) is 4.52 Å². The highest BCUT2D eigenvalue weighted by Crippen LogP contribution is 2.17. The molecule has 6 heteroatoms. The summed E-state index contributed by atoms with van der Waals surface area (Å²) in [7, 11) is 0. The molecule has 1 N–H and O–H groups in total. The molecule has 3 heterocycles. The number of hydrogen-bond acceptors (Lipinski definition) is 6. The molecule has 2 aromatic rings. The van der Waals surface area contributed by atoms with Crippen molar-refractivity contribution in [1.82, 2.24) is 20.0 Å². The zero-order valence-electron chi connectivity index (χ0n) is 11.6. The van der Waals surface area contributed by atoms with Crippen molar-refractivity contribution in [3.63, 3.8) is 0 Å². The van der Waals surface area contributed by atoms with Crippen molar-refractivity contribution in [2.45, 2.75) is 32.4 Å². The fourth-order valence-electron chi connectivity index (χ4n) is 2.52. The van der Waals surface area contributed by atoms with Crippen LogP contribution in [0.25, 0.3) is 0 Å². The Labute approximate surface area is 118 Å². The van der Waals surface area contributed by atoms with Crippen molar-refractivity contribution < 1.29 is 4.52 Å². The summed E-state index contributed by atoms with van der Waals surface area (Å²) in [5.74, 6) is 1.86. The van der Waals surface area contributed by atoms with Crippen LogP contribution in [0.4, 0.5) is 5.82 Å². The molecule has 1 fully saturated rings. The van der Waals surface area contributed by atoms with E-state index in [1.165, 1.54) is 0 Å². The first-order valence-corrected chi connectivity index (χ1v) is 6.97. The second kappa shape index (κ2) is 6.00. The topological polar surface area (TPSA) is 67.1 Å². The fraction of sp³-hybridized carbons (Fsp3) is 0.500. The Morgan fingerprint density at radius 2 is 2.20 bits per heavy atom. The number of rotatable bonds is 4. The minimum absolute atomic E-state index is 0.482. The summed E-state index contributed by atoms with van der Waals surface area (Å²) in [4.78, 5) is 10.8. The lowest BCUT2D eigenvalue weighted by Crippen LogP contribution is -2.38. The minimum atomic E-state index is 0.482. The number of aryl methyl sites for hydroxylation is 1. The second-order valence-electron chi connectivity index (χ2n) is 5.22. The normalized spacial score (nSPS) is 17.2. The lowest BCUT2D eigenvalue weighted by atomic mass is 10.0. The van der Waals surface area contributed by atoms with Crippen LogP contribution in [0.1, 0.15) is 24.3 Å². The fourth-order valence-corrected chi connectivity index (χ4v) is 2.52. The molecule has 2 aromatic heterocycles. The van der Waals surface area contributed by atoms with Crippen LogP contribution in [0.5, 0.6) is 0 Å². The molecule has 0 unspecified atom stereocenters. The minimum Gasteiger partial charge on any atom is -0.367 e. The Morgan fingerprint density at radius 3 is 2.90 bits per heavy atom. The van der Waals surface area contributed by atoms with Gasteiger partial charge < -0.3 is 9.84 Å². The van der Waals surface area contributed by atoms with Crippen LogP contribution >= 0.6 is 0 Å². The van der Waals surface area contributed by atoms with E-state index in [9.17, 15) is 0 Å². The largest absolute Gasteiger partial charge is 0.367 e. The highest BCUT2D eigenvalue weighted by Gasteiger charge is 2.20. The first-order chi connectivity index (χ1) is 9.79. The van der Waals surface area contributed by atoms with Gasteiger partial charge in [0, 0.05) is 37.0 Å². The summed E-state index contributed by atoms with van der Waals surface area (Å²) in [5, 5.41) is 7.23. The molecule has 1 aliphatic heterocycles. The summed E-state index contributed by atoms with van der Waals surface area (Å²) in [5.41, 5.74) is 0.991. The highest BCUT2D eigenvalue weighted by molar-refractivity contribution is 5.35. The van der Waals surface area contributed by atoms with Gasteiger partial charge in [0.2, 0.25) is 0 Å². The van der Waals surface area contributed by atoms with Gasteiger partial charge in [-0.05, 0) is 19.8 Å². The van der Waals surface area contributed by atoms with Gasteiger partial charge in [0.15, 0.2) is 5.76 Å². The lowest BCUT2D eigenvalue weighted by Gasteiger charge is -2.31. The summed E-state index contributed by atoms with van der Waals surface area (Å²) >= 11 is 0. The van der Waals surface area contributed by atoms with Gasteiger partial charge >= 0.3 is 0 Å². The third-order valence-corrected chi connectivity index (χ3v) is 3.61. The Balaban J connectivity index is 1.48. The third kappa shape index (κ3) is 3.33. The Morgan fingerprint density at radius 1 is 1.35 bits per heavy atom. The van der Waals surface area contributed by atoms with Crippen LogP contribution in [0, 0.1) is 6.92 Å². The van der Waals surface area contributed by atoms with E-state index in [1.807, 2.05) is 19.1 Å². The lowest BCUT2D eigenvalue weighted by molar-refractivity contribution is 0.189. The molecule has 0 saturated carbocycles. The van der Waals surface area contributed by atoms with Gasteiger partial charge in [0.1, 0.15) is 12.1 Å². The number of aromatic nitrogens is 3. The zero-order chi connectivity index (χ0) is 13.8. The summed E-state index contributed by atoms with van der Waals surface area (Å²) in [6.07, 6.45) is 5.52. The average molecular weight is 273 g/mol. The highest BCUT2D eigenvalue weighted by atomic mass is 16.5. The van der Waals surface area contributed by atoms with Crippen molar-refractivity contribution in [2.75, 3.05) is 18.4 Å². The molecule has 20 heavy (non-hydrogen) atoms. The monoisotopic (exact) mass is 273 g/mol. The van der Waals surface area contributed by atoms with E-state index in [2.05, 4.69) is 25.3 Å². The van der Waals surface area contributed by atoms with Crippen molar-refractivity contribution in [3.8, 4) is 0 Å². The van der Waals surface area contributed by atoms with Gasteiger partial charge in [-0.25, -0.2) is 9.97 Å². The standard InChI is InChI=1S/C14H19N5O/c1-11-8-14(16-10-15-11)18-12-3-6-19(7-4-12)9-13-2-5-17-20-13/h2,5,8,10,12H,3-4,6-7,9H2,1H3,(H,15,16,18). The number of piperidine rings is 1. The van der Waals surface area contributed by atoms with Gasteiger partial charge in [0.25, 0.3) is 0 Å². The van der Waals surface area contributed by atoms with Crippen molar-refractivity contribution in [3.05, 3.63) is 36.1 Å². The molecule has 0 atom stereocenters. The third-order valence-electron chi connectivity index (χ3n) is 3.61. The molecular weight excluding hydrogens is 254 g/mol. The number of anilines is 1. The van der Waals surface area contributed by atoms with Crippen molar-refractivity contribution >= 4 is 5.82 Å². The molecule has 3 rings (SSSR count). The van der Waals surface area contributed by atoms with E-state index in [-0.39, 0.29) is 0 Å². The van der Waals surface area contributed by atoms with Crippen molar-refractivity contribution in [2.24, 2.45) is 0 Å². The number of nitrogens with zero attached hydrogens (tertiary/aromatic N) is 4. The SMILES string of the molecule is Cc1cc(NC2CCN(Cc3ccno3)CC2)ncn1. The van der Waals surface area contributed by atoms with E-state index in [0.717, 1.165) is 49.7 Å². The molecule has 0 spiro atoms. The van der Waals surface area contributed by atoms with E-state index in [0.29, 0.717) is 6.04 Å². The maximum Gasteiger partial charge on any atom is 0.150 e. The number of nitrogens with one attached hydrogen (secondary N) is 1. The molecule has 1 saturated heterocycles. The summed E-state index contributed by atoms with van der Waals surface area (Å²) in [6.45, 7) is 4.94. The molecule has 0 bridgehead atoms. The van der Waals surface area contributed by atoms with Crippen LogP contribution in [0.2, 0.25) is 0 Å². The Hall–Kier alpha value is -1.95. The Kier molecular flexibility index (Phi) is 3.92. The van der Waals surface area contributed by atoms with E-state index < -0.39 is 0 Å². The van der Waals surface area contributed by atoms with Gasteiger partial charge in [-0.3, -0.25) is 4.90 Å². The van der Waals surface area contributed by atoms with E-state index >= 15 is 0 Å². The molecule has 0 radical (unpaired) electrons. The van der Waals surface area contributed by atoms with Gasteiger partial charge in [0.05, 0.1) is 12.7 Å².